The molecule has 8 N–H and O–H groups in total. The Hall–Kier alpha value is -2.87. The minimum atomic E-state index is -4.55. The van der Waals surface area contributed by atoms with E-state index in [2.05, 4.69) is 0 Å². The van der Waals surface area contributed by atoms with Crippen LogP contribution >= 0.6 is 0 Å². The minimum Gasteiger partial charge on any atom is -0.748 e. The largest absolute Gasteiger partial charge is 1.00 e. The number of allylic oxidation sites excluding steroid dienone is 6. The minimum absolute atomic E-state index is 0. The van der Waals surface area contributed by atoms with Gasteiger partial charge >= 0.3 is 29.6 Å². The van der Waals surface area contributed by atoms with Crippen LogP contribution in [0.1, 0.15) is 43.2 Å². The summed E-state index contributed by atoms with van der Waals surface area (Å²) in [6.07, 6.45) is -0.428. The number of benzene rings is 2. The van der Waals surface area contributed by atoms with Gasteiger partial charge in [-0.1, -0.05) is 42.5 Å². The topological polar surface area (TPSA) is 301 Å². The van der Waals surface area contributed by atoms with Crippen molar-refractivity contribution < 1.29 is 110 Å². The molecule has 0 radical (unpaired) electrons. The summed E-state index contributed by atoms with van der Waals surface area (Å²) in [6, 6.07) is 13.9. The number of anilines is 1. The van der Waals surface area contributed by atoms with E-state index in [1.54, 1.807) is 82.3 Å². The van der Waals surface area contributed by atoms with Crippen LogP contribution in [0.4, 0.5) is 11.4 Å². The Labute approximate surface area is 388 Å². The van der Waals surface area contributed by atoms with E-state index in [-0.39, 0.29) is 61.2 Å². The molecular formula is C42H53N2NaO16S2. The van der Waals surface area contributed by atoms with E-state index in [0.717, 1.165) is 0 Å². The van der Waals surface area contributed by atoms with Crippen LogP contribution in [-0.4, -0.2) is 165 Å². The molecule has 6 rings (SSSR count). The molecule has 63 heavy (non-hydrogen) atoms. The average Bonchev–Trinajstić information content (AvgIpc) is 3.67. The Balaban J connectivity index is 0.00000748. The Morgan fingerprint density at radius 2 is 1.40 bits per heavy atom. The summed E-state index contributed by atoms with van der Waals surface area (Å²) in [6.45, 7) is -2.50. The fourth-order valence-electron chi connectivity index (χ4n) is 8.82. The Kier molecular flexibility index (Phi) is 17.2. The SMILES string of the molecule is O=S(=O)([O-])CCCN1/C(=C\C=C2\CCCC(/C=C/C3=[N+](CCCS(=O)(=O)[O-])c4ccccc4C3(CO)CO)=C2OCC2OC(O)C(O)C(O)C2O)C(CO)(CO)c2ccccc21.[Na+]. The van der Waals surface area contributed by atoms with Crippen molar-refractivity contribution in [3.05, 3.63) is 107 Å². The second kappa shape index (κ2) is 21.2. The molecule has 5 unspecified atom stereocenters. The molecule has 1 saturated heterocycles. The fourth-order valence-corrected chi connectivity index (χ4v) is 9.79. The summed E-state index contributed by atoms with van der Waals surface area (Å²) in [7, 11) is -9.11. The quantitative estimate of drug-likeness (QED) is 0.0405. The summed E-state index contributed by atoms with van der Waals surface area (Å²) < 4.78 is 82.8. The monoisotopic (exact) mass is 928 g/mol. The standard InChI is InChI=1S/C42H54N2O16S2.Na/c45-23-41(24-46)29-10-1-3-12-31(29)43(18-6-20-61(53,54)55)34(41)16-14-27-8-5-9-28(39(27)59-22-33-36(49)37(50)38(51)40(52)60-33)15-17-35-42(25-47,26-48)30-11-2-4-13-32(30)44(35)19-7-21-62(56,57)58;/h1-4,10-17,33,36-38,40,45-52H,5-9,18-26H2,(H-,53,54,55,56,57,58);/q;+1/p-1. The van der Waals surface area contributed by atoms with Gasteiger partial charge in [0.05, 0.1) is 52.1 Å². The second-order valence-electron chi connectivity index (χ2n) is 15.9. The predicted octanol–water partition coefficient (Wildman–Crippen LogP) is -3.75. The molecule has 340 valence electrons. The molecule has 4 aliphatic rings. The number of hydrogen-bond donors (Lipinski definition) is 8. The zero-order chi connectivity index (χ0) is 45.0. The van der Waals surface area contributed by atoms with E-state index in [0.29, 0.717) is 64.3 Å². The van der Waals surface area contributed by atoms with Crippen molar-refractivity contribution in [3.63, 3.8) is 0 Å². The maximum atomic E-state index is 11.6. The molecule has 0 aromatic heterocycles. The molecule has 1 fully saturated rings. The molecule has 18 nitrogen and oxygen atoms in total. The molecule has 0 saturated carbocycles. The summed E-state index contributed by atoms with van der Waals surface area (Å²) in [5, 5.41) is 85.0. The van der Waals surface area contributed by atoms with Gasteiger partial charge in [0.25, 0.3) is 0 Å². The van der Waals surface area contributed by atoms with Crippen molar-refractivity contribution >= 4 is 37.3 Å². The Morgan fingerprint density at radius 1 is 0.778 bits per heavy atom. The van der Waals surface area contributed by atoms with Crippen LogP contribution in [0.25, 0.3) is 0 Å². The van der Waals surface area contributed by atoms with E-state index in [1.807, 2.05) is 0 Å². The van der Waals surface area contributed by atoms with E-state index >= 15 is 0 Å². The second-order valence-corrected chi connectivity index (χ2v) is 18.9. The number of para-hydroxylation sites is 2. The van der Waals surface area contributed by atoms with Crippen LogP contribution in [0.15, 0.2) is 95.4 Å². The first-order valence-electron chi connectivity index (χ1n) is 20.2. The van der Waals surface area contributed by atoms with E-state index in [4.69, 9.17) is 9.47 Å². The first kappa shape index (κ1) is 51.1. The Bertz CT molecular complexity index is 2340. The third-order valence-corrected chi connectivity index (χ3v) is 13.6. The van der Waals surface area contributed by atoms with Crippen LogP contribution in [0, 0.1) is 0 Å². The smallest absolute Gasteiger partial charge is 0.748 e. The summed E-state index contributed by atoms with van der Waals surface area (Å²) >= 11 is 0. The zero-order valence-corrected chi connectivity index (χ0v) is 38.4. The maximum Gasteiger partial charge on any atom is 1.00 e. The van der Waals surface area contributed by atoms with Crippen LogP contribution in [0.2, 0.25) is 0 Å². The number of rotatable bonds is 18. The van der Waals surface area contributed by atoms with Gasteiger partial charge in [0.2, 0.25) is 5.69 Å². The van der Waals surface area contributed by atoms with E-state index in [9.17, 15) is 66.8 Å². The van der Waals surface area contributed by atoms with Crippen molar-refractivity contribution in [1.82, 2.24) is 0 Å². The average molecular weight is 929 g/mol. The van der Waals surface area contributed by atoms with Crippen molar-refractivity contribution in [2.45, 2.75) is 73.6 Å². The van der Waals surface area contributed by atoms with E-state index < -0.39 is 106 Å². The molecule has 0 spiro atoms. The van der Waals surface area contributed by atoms with Gasteiger partial charge in [-0.25, -0.2) is 16.8 Å². The third-order valence-electron chi connectivity index (χ3n) is 12.1. The van der Waals surface area contributed by atoms with Gasteiger partial charge in [0.1, 0.15) is 48.7 Å². The molecular weight excluding hydrogens is 876 g/mol. The van der Waals surface area contributed by atoms with Crippen molar-refractivity contribution in [1.29, 1.82) is 0 Å². The summed E-state index contributed by atoms with van der Waals surface area (Å²) in [5.41, 5.74) is 1.56. The molecule has 1 aliphatic carbocycles. The molecule has 2 aromatic carbocycles. The van der Waals surface area contributed by atoms with Gasteiger partial charge in [0, 0.05) is 53.6 Å². The van der Waals surface area contributed by atoms with Gasteiger partial charge in [-0.2, -0.15) is 4.58 Å². The molecule has 2 aromatic rings. The summed E-state index contributed by atoms with van der Waals surface area (Å²) in [5.74, 6) is -1.04. The van der Waals surface area contributed by atoms with Gasteiger partial charge < -0.3 is 64.3 Å². The fraction of sp³-hybridized carbons (Fsp3) is 0.500. The molecule has 21 heteroatoms. The molecule has 5 atom stereocenters. The first-order valence-corrected chi connectivity index (χ1v) is 23.4. The Morgan fingerprint density at radius 3 is 2.05 bits per heavy atom. The number of hydrogen-bond acceptors (Lipinski definition) is 17. The summed E-state index contributed by atoms with van der Waals surface area (Å²) in [4.78, 5) is 1.74. The van der Waals surface area contributed by atoms with Gasteiger partial charge in [-0.15, -0.1) is 0 Å². The molecule has 0 amide bonds. The molecule has 3 heterocycles. The van der Waals surface area contributed by atoms with Gasteiger partial charge in [-0.3, -0.25) is 0 Å². The van der Waals surface area contributed by atoms with E-state index in [1.165, 1.54) is 0 Å². The maximum absolute atomic E-state index is 11.6. The van der Waals surface area contributed by atoms with Crippen LogP contribution in [0.5, 0.6) is 0 Å². The third kappa shape index (κ3) is 10.7. The van der Waals surface area contributed by atoms with Crippen molar-refractivity contribution in [2.24, 2.45) is 0 Å². The first-order chi connectivity index (χ1) is 29.4. The van der Waals surface area contributed by atoms with Crippen LogP contribution in [-0.2, 0) is 40.5 Å². The number of aliphatic hydroxyl groups is 8. The van der Waals surface area contributed by atoms with Crippen molar-refractivity contribution in [3.8, 4) is 0 Å². The van der Waals surface area contributed by atoms with Crippen LogP contribution < -0.4 is 34.5 Å². The van der Waals surface area contributed by atoms with Crippen LogP contribution in [0.3, 0.4) is 0 Å². The number of ether oxygens (including phenoxy) is 2. The number of fused-ring (bicyclic) bond motifs is 2. The number of nitrogens with zero attached hydrogens (tertiary/aromatic N) is 2. The normalized spacial score (nSPS) is 25.8. The van der Waals surface area contributed by atoms with Gasteiger partial charge in [0.15, 0.2) is 12.0 Å². The molecule has 3 aliphatic heterocycles. The predicted molar refractivity (Wildman–Crippen MR) is 221 cm³/mol. The zero-order valence-electron chi connectivity index (χ0n) is 34.8. The number of aliphatic hydroxyl groups excluding tert-OH is 8. The van der Waals surface area contributed by atoms with Gasteiger partial charge in [-0.05, 0) is 60.6 Å². The van der Waals surface area contributed by atoms with Crippen molar-refractivity contribution in [2.75, 3.05) is 62.5 Å². The molecule has 0 bridgehead atoms.